The fourth-order valence-electron chi connectivity index (χ4n) is 9.19. The van der Waals surface area contributed by atoms with E-state index in [0.29, 0.717) is 0 Å². The van der Waals surface area contributed by atoms with Crippen molar-refractivity contribution in [3.63, 3.8) is 0 Å². The second-order valence-electron chi connectivity index (χ2n) is 13.6. The normalized spacial score (nSPS) is 13.7. The number of para-hydroxylation sites is 1. The van der Waals surface area contributed by atoms with Gasteiger partial charge in [-0.25, -0.2) is 0 Å². The molecule has 1 heteroatoms. The maximum atomic E-state index is 2.58. The third-order valence-corrected chi connectivity index (χ3v) is 11.2. The summed E-state index contributed by atoms with van der Waals surface area (Å²) in [6.45, 7) is 0. The summed E-state index contributed by atoms with van der Waals surface area (Å²) >= 11 is 0. The molecule has 1 nitrogen and oxygen atoms in total. The Balaban J connectivity index is 1.38. The maximum Gasteiger partial charge on any atom is 0.0754 e. The van der Waals surface area contributed by atoms with Crippen molar-refractivity contribution in [3.8, 4) is 55.6 Å². The minimum atomic E-state index is -0.549. The first-order chi connectivity index (χ1) is 24.8. The van der Waals surface area contributed by atoms with Crippen LogP contribution in [0.2, 0.25) is 0 Å². The zero-order valence-corrected chi connectivity index (χ0v) is 27.3. The summed E-state index contributed by atoms with van der Waals surface area (Å²) in [7, 11) is 0. The van der Waals surface area contributed by atoms with Gasteiger partial charge in [-0.1, -0.05) is 158 Å². The minimum Gasteiger partial charge on any atom is -0.309 e. The lowest BCUT2D eigenvalue weighted by molar-refractivity contribution is 0.754. The summed E-state index contributed by atoms with van der Waals surface area (Å²) in [6, 6.07) is 70.1. The number of rotatable bonds is 2. The van der Waals surface area contributed by atoms with Crippen LogP contribution >= 0.6 is 0 Å². The van der Waals surface area contributed by atoms with Gasteiger partial charge < -0.3 is 4.90 Å². The molecule has 0 saturated carbocycles. The molecule has 0 saturated heterocycles. The standard InChI is InChI=1S/C49H31N/c1-3-15-32(16-4-1)34-27-28-47-44(30-34)49(42-24-12-9-21-38(42)39-22-10-13-25-43(39)49)45-31-35(33-17-5-2-6-18-33)29-41-37-20-8-7-19-36(37)40-23-11-14-26-46(40)50(47)48(41)45/h1-31H. The second kappa shape index (κ2) is 10.3. The Morgan fingerprint density at radius 3 is 1.44 bits per heavy atom. The highest BCUT2D eigenvalue weighted by Crippen LogP contribution is 2.67. The third kappa shape index (κ3) is 3.56. The molecule has 11 rings (SSSR count). The van der Waals surface area contributed by atoms with E-state index in [-0.39, 0.29) is 0 Å². The fourth-order valence-corrected chi connectivity index (χ4v) is 9.19. The molecule has 0 fully saturated rings. The maximum absolute atomic E-state index is 2.58. The lowest BCUT2D eigenvalue weighted by Crippen LogP contribution is -2.36. The highest BCUT2D eigenvalue weighted by molar-refractivity contribution is 6.08. The molecule has 1 spiro atoms. The summed E-state index contributed by atoms with van der Waals surface area (Å²) in [4.78, 5) is 2.58. The molecule has 2 heterocycles. The first-order valence-electron chi connectivity index (χ1n) is 17.4. The first-order valence-corrected chi connectivity index (χ1v) is 17.4. The molecular formula is C49H31N. The quantitative estimate of drug-likeness (QED) is 0.183. The average Bonchev–Trinajstić information content (AvgIpc) is 3.42. The van der Waals surface area contributed by atoms with Crippen molar-refractivity contribution in [3.05, 3.63) is 210 Å². The summed E-state index contributed by atoms with van der Waals surface area (Å²) in [5.41, 5.74) is 20.9. The molecule has 0 unspecified atom stereocenters. The molecule has 0 N–H and O–H groups in total. The van der Waals surface area contributed by atoms with E-state index in [9.17, 15) is 0 Å². The van der Waals surface area contributed by atoms with Crippen LogP contribution in [-0.4, -0.2) is 0 Å². The van der Waals surface area contributed by atoms with E-state index in [0.717, 1.165) is 0 Å². The summed E-state index contributed by atoms with van der Waals surface area (Å²) in [5, 5.41) is 0. The van der Waals surface area contributed by atoms with E-state index < -0.39 is 5.41 Å². The van der Waals surface area contributed by atoms with Gasteiger partial charge in [0.25, 0.3) is 0 Å². The van der Waals surface area contributed by atoms with E-state index in [1.54, 1.807) is 0 Å². The SMILES string of the molecule is c1ccc(-c2ccc3c(c2)C2(c4ccccc4-c4ccccc42)c2cc(-c4ccccc4)cc4c2N3c2ccccc2-c2ccccc2-4)cc1. The van der Waals surface area contributed by atoms with Gasteiger partial charge in [0.15, 0.2) is 0 Å². The van der Waals surface area contributed by atoms with Gasteiger partial charge in [0.05, 0.1) is 22.5 Å². The van der Waals surface area contributed by atoms with E-state index >= 15 is 0 Å². The van der Waals surface area contributed by atoms with Crippen LogP contribution < -0.4 is 4.90 Å². The van der Waals surface area contributed by atoms with Crippen LogP contribution in [0.15, 0.2) is 188 Å². The molecule has 2 aliphatic heterocycles. The highest BCUT2D eigenvalue weighted by atomic mass is 15.2. The zero-order valence-electron chi connectivity index (χ0n) is 27.3. The van der Waals surface area contributed by atoms with Crippen LogP contribution in [0, 0.1) is 0 Å². The summed E-state index contributed by atoms with van der Waals surface area (Å²) in [6.07, 6.45) is 0. The molecule has 0 bridgehead atoms. The van der Waals surface area contributed by atoms with Crippen molar-refractivity contribution in [1.29, 1.82) is 0 Å². The van der Waals surface area contributed by atoms with Crippen molar-refractivity contribution in [2.75, 3.05) is 4.90 Å². The largest absolute Gasteiger partial charge is 0.309 e. The van der Waals surface area contributed by atoms with Gasteiger partial charge in [-0.3, -0.25) is 0 Å². The summed E-state index contributed by atoms with van der Waals surface area (Å²) in [5.74, 6) is 0. The van der Waals surface area contributed by atoms with E-state index in [1.807, 2.05) is 0 Å². The Hall–Kier alpha value is -6.44. The van der Waals surface area contributed by atoms with Crippen LogP contribution in [0.25, 0.3) is 55.6 Å². The van der Waals surface area contributed by atoms with E-state index in [2.05, 4.69) is 193 Å². The summed E-state index contributed by atoms with van der Waals surface area (Å²) < 4.78 is 0. The molecule has 3 aliphatic rings. The van der Waals surface area contributed by atoms with Crippen LogP contribution in [0.1, 0.15) is 22.3 Å². The number of hydrogen-bond acceptors (Lipinski definition) is 1. The van der Waals surface area contributed by atoms with Crippen LogP contribution in [0.4, 0.5) is 17.1 Å². The molecule has 8 aromatic carbocycles. The molecule has 0 atom stereocenters. The Morgan fingerprint density at radius 1 is 0.280 bits per heavy atom. The average molecular weight is 634 g/mol. The smallest absolute Gasteiger partial charge is 0.0754 e. The molecule has 0 aromatic heterocycles. The van der Waals surface area contributed by atoms with Gasteiger partial charge in [0.2, 0.25) is 0 Å². The first kappa shape index (κ1) is 27.5. The molecule has 50 heavy (non-hydrogen) atoms. The topological polar surface area (TPSA) is 3.24 Å². The van der Waals surface area contributed by atoms with Crippen LogP contribution in [0.5, 0.6) is 0 Å². The van der Waals surface area contributed by atoms with Gasteiger partial charge in [0, 0.05) is 11.1 Å². The minimum absolute atomic E-state index is 0.549. The van der Waals surface area contributed by atoms with Gasteiger partial charge in [-0.05, 0) is 97.1 Å². The number of benzene rings is 8. The van der Waals surface area contributed by atoms with Gasteiger partial charge in [-0.2, -0.15) is 0 Å². The van der Waals surface area contributed by atoms with Gasteiger partial charge >= 0.3 is 0 Å². The predicted molar refractivity (Wildman–Crippen MR) is 207 cm³/mol. The number of hydrogen-bond donors (Lipinski definition) is 0. The van der Waals surface area contributed by atoms with E-state index in [4.69, 9.17) is 0 Å². The number of fused-ring (bicyclic) bond motifs is 14. The van der Waals surface area contributed by atoms with Gasteiger partial charge in [-0.15, -0.1) is 0 Å². The lowest BCUT2D eigenvalue weighted by Gasteiger charge is -2.46. The van der Waals surface area contributed by atoms with Crippen LogP contribution in [-0.2, 0) is 5.41 Å². The third-order valence-electron chi connectivity index (χ3n) is 11.2. The van der Waals surface area contributed by atoms with Crippen molar-refractivity contribution in [2.24, 2.45) is 0 Å². The molecule has 232 valence electrons. The molecule has 0 radical (unpaired) electrons. The Bertz CT molecular complexity index is 2600. The van der Waals surface area contributed by atoms with E-state index in [1.165, 1.54) is 95.0 Å². The van der Waals surface area contributed by atoms with Crippen molar-refractivity contribution < 1.29 is 0 Å². The number of nitrogens with zero attached hydrogens (tertiary/aromatic N) is 1. The van der Waals surface area contributed by atoms with Crippen molar-refractivity contribution in [1.82, 2.24) is 0 Å². The van der Waals surface area contributed by atoms with Crippen molar-refractivity contribution >= 4 is 17.1 Å². The van der Waals surface area contributed by atoms with Crippen LogP contribution in [0.3, 0.4) is 0 Å². The number of anilines is 3. The fraction of sp³-hybridized carbons (Fsp3) is 0.0204. The zero-order chi connectivity index (χ0) is 32.8. The van der Waals surface area contributed by atoms with Crippen molar-refractivity contribution in [2.45, 2.75) is 5.41 Å². The van der Waals surface area contributed by atoms with Gasteiger partial charge in [0.1, 0.15) is 0 Å². The molecular weight excluding hydrogens is 603 g/mol. The molecule has 0 amide bonds. The molecule has 8 aromatic rings. The second-order valence-corrected chi connectivity index (χ2v) is 13.6. The predicted octanol–water partition coefficient (Wildman–Crippen LogP) is 12.8. The monoisotopic (exact) mass is 633 g/mol. The lowest BCUT2D eigenvalue weighted by atomic mass is 9.63. The molecule has 1 aliphatic carbocycles. The Labute approximate surface area is 292 Å². The highest BCUT2D eigenvalue weighted by Gasteiger charge is 2.53. The Kier molecular flexibility index (Phi) is 5.66. The Morgan fingerprint density at radius 2 is 0.780 bits per heavy atom.